The largest absolute Gasteiger partial charge is 0.371 e. The summed E-state index contributed by atoms with van der Waals surface area (Å²) in [6.07, 6.45) is 0.296. The average Bonchev–Trinajstić information content (AvgIpc) is 3.03. The van der Waals surface area contributed by atoms with E-state index in [1.54, 1.807) is 0 Å². The molecular formula is C7H10N4O3. The zero-order valence-electron chi connectivity index (χ0n) is 7.50. The first kappa shape index (κ1) is 8.13. The van der Waals surface area contributed by atoms with Gasteiger partial charge >= 0.3 is 5.69 Å². The molecule has 2 aliphatic heterocycles. The lowest BCUT2D eigenvalue weighted by Gasteiger charge is -1.92. The summed E-state index contributed by atoms with van der Waals surface area (Å²) < 4.78 is 12.7. The highest BCUT2D eigenvalue weighted by molar-refractivity contribution is 4.73. The number of hydrogen-bond acceptors (Lipinski definition) is 5. The SMILES string of the molecule is O=c1n(C[C@H]2CO2)nnn1C[C@H]1CO1. The molecule has 0 bridgehead atoms. The predicted molar refractivity (Wildman–Crippen MR) is 43.8 cm³/mol. The van der Waals surface area contributed by atoms with Gasteiger partial charge in [0.25, 0.3) is 0 Å². The van der Waals surface area contributed by atoms with Crippen molar-refractivity contribution in [3.8, 4) is 0 Å². The van der Waals surface area contributed by atoms with Crippen molar-refractivity contribution in [1.82, 2.24) is 19.8 Å². The fourth-order valence-electron chi connectivity index (χ4n) is 1.27. The molecule has 0 radical (unpaired) electrons. The van der Waals surface area contributed by atoms with Crippen LogP contribution in [0.5, 0.6) is 0 Å². The lowest BCUT2D eigenvalue weighted by molar-refractivity contribution is 0.363. The van der Waals surface area contributed by atoms with Gasteiger partial charge in [0.15, 0.2) is 0 Å². The number of aromatic nitrogens is 4. The summed E-state index contributed by atoms with van der Waals surface area (Å²) in [6, 6.07) is 0. The second-order valence-electron chi connectivity index (χ2n) is 3.54. The van der Waals surface area contributed by atoms with Crippen molar-refractivity contribution >= 4 is 0 Å². The zero-order chi connectivity index (χ0) is 9.54. The van der Waals surface area contributed by atoms with Crippen LogP contribution in [0.1, 0.15) is 0 Å². The minimum Gasteiger partial charge on any atom is -0.371 e. The third kappa shape index (κ3) is 1.55. The van der Waals surface area contributed by atoms with Gasteiger partial charge in [-0.3, -0.25) is 0 Å². The number of rotatable bonds is 4. The minimum atomic E-state index is -0.184. The first-order valence-corrected chi connectivity index (χ1v) is 4.57. The molecule has 0 aromatic carbocycles. The molecule has 1 aromatic rings. The summed E-state index contributed by atoms with van der Waals surface area (Å²) in [6.45, 7) is 2.44. The number of tetrazole rings is 1. The number of hydrogen-bond donors (Lipinski definition) is 0. The normalized spacial score (nSPS) is 29.1. The third-order valence-electron chi connectivity index (χ3n) is 2.26. The van der Waals surface area contributed by atoms with Crippen molar-refractivity contribution in [2.24, 2.45) is 0 Å². The van der Waals surface area contributed by atoms with Gasteiger partial charge in [-0.15, -0.1) is 0 Å². The summed E-state index contributed by atoms with van der Waals surface area (Å²) in [7, 11) is 0. The Morgan fingerprint density at radius 3 is 1.93 bits per heavy atom. The van der Waals surface area contributed by atoms with Crippen LogP contribution in [-0.2, 0) is 22.6 Å². The first-order chi connectivity index (χ1) is 6.83. The molecule has 3 heterocycles. The molecule has 1 aromatic heterocycles. The average molecular weight is 198 g/mol. The van der Waals surface area contributed by atoms with Gasteiger partial charge in [-0.05, 0) is 10.4 Å². The van der Waals surface area contributed by atoms with Crippen LogP contribution < -0.4 is 5.69 Å². The van der Waals surface area contributed by atoms with Gasteiger partial charge in [0.2, 0.25) is 0 Å². The molecule has 7 heteroatoms. The van der Waals surface area contributed by atoms with E-state index in [9.17, 15) is 4.79 Å². The lowest BCUT2D eigenvalue weighted by atomic mass is 10.5. The molecule has 0 amide bonds. The molecule has 0 spiro atoms. The van der Waals surface area contributed by atoms with Crippen molar-refractivity contribution in [3.63, 3.8) is 0 Å². The van der Waals surface area contributed by atoms with E-state index in [-0.39, 0.29) is 17.9 Å². The van der Waals surface area contributed by atoms with Crippen LogP contribution in [0, 0.1) is 0 Å². The maximum atomic E-state index is 11.6. The van der Waals surface area contributed by atoms with Crippen molar-refractivity contribution in [1.29, 1.82) is 0 Å². The molecule has 2 atom stereocenters. The van der Waals surface area contributed by atoms with Crippen LogP contribution in [0.25, 0.3) is 0 Å². The number of epoxide rings is 2. The van der Waals surface area contributed by atoms with Gasteiger partial charge < -0.3 is 9.47 Å². The van der Waals surface area contributed by atoms with Gasteiger partial charge in [0.1, 0.15) is 12.2 Å². The Hall–Kier alpha value is -1.21. The number of ether oxygens (including phenoxy) is 2. The Kier molecular flexibility index (Phi) is 1.68. The number of nitrogens with zero attached hydrogens (tertiary/aromatic N) is 4. The van der Waals surface area contributed by atoms with Gasteiger partial charge in [0, 0.05) is 0 Å². The highest BCUT2D eigenvalue weighted by Crippen LogP contribution is 2.10. The summed E-state index contributed by atoms with van der Waals surface area (Å²) >= 11 is 0. The topological polar surface area (TPSA) is 77.8 Å². The van der Waals surface area contributed by atoms with Gasteiger partial charge in [-0.2, -0.15) is 9.36 Å². The van der Waals surface area contributed by atoms with Crippen molar-refractivity contribution in [3.05, 3.63) is 10.5 Å². The van der Waals surface area contributed by atoms with Crippen LogP contribution in [-0.4, -0.2) is 45.2 Å². The molecule has 0 aliphatic carbocycles. The van der Waals surface area contributed by atoms with Crippen molar-refractivity contribution in [2.75, 3.05) is 13.2 Å². The maximum Gasteiger partial charge on any atom is 0.363 e. The van der Waals surface area contributed by atoms with Crippen LogP contribution >= 0.6 is 0 Å². The smallest absolute Gasteiger partial charge is 0.363 e. The molecule has 2 fully saturated rings. The van der Waals surface area contributed by atoms with Gasteiger partial charge in [0.05, 0.1) is 26.3 Å². The molecular weight excluding hydrogens is 188 g/mol. The van der Waals surface area contributed by atoms with Crippen LogP contribution in [0.15, 0.2) is 4.79 Å². The molecule has 76 valence electrons. The Morgan fingerprint density at radius 2 is 1.57 bits per heavy atom. The molecule has 7 nitrogen and oxygen atoms in total. The monoisotopic (exact) mass is 198 g/mol. The molecule has 14 heavy (non-hydrogen) atoms. The molecule has 2 aliphatic rings. The standard InChI is InChI=1S/C7H10N4O3/c12-7-10(1-5-3-13-5)8-9-11(7)2-6-4-14-6/h5-6H,1-4H2/t5-,6-/m0/s1. The highest BCUT2D eigenvalue weighted by atomic mass is 16.6. The molecule has 3 rings (SSSR count). The van der Waals surface area contributed by atoms with E-state index in [0.717, 1.165) is 0 Å². The lowest BCUT2D eigenvalue weighted by Crippen LogP contribution is -2.28. The molecule has 0 unspecified atom stereocenters. The summed E-state index contributed by atoms with van der Waals surface area (Å²) in [5.74, 6) is 0. The van der Waals surface area contributed by atoms with Crippen molar-refractivity contribution in [2.45, 2.75) is 25.3 Å². The molecule has 0 N–H and O–H groups in total. The summed E-state index contributed by atoms with van der Waals surface area (Å²) in [5, 5.41) is 7.52. The fourth-order valence-corrected chi connectivity index (χ4v) is 1.27. The Bertz CT molecular complexity index is 355. The Balaban J connectivity index is 1.75. The summed E-state index contributed by atoms with van der Waals surface area (Å²) in [5.41, 5.74) is -0.184. The van der Waals surface area contributed by atoms with Gasteiger partial charge in [-0.25, -0.2) is 4.79 Å². The predicted octanol–water partition coefficient (Wildman–Crippen LogP) is -1.76. The third-order valence-corrected chi connectivity index (χ3v) is 2.26. The zero-order valence-corrected chi connectivity index (χ0v) is 7.50. The van der Waals surface area contributed by atoms with Gasteiger partial charge in [-0.1, -0.05) is 0 Å². The first-order valence-electron chi connectivity index (χ1n) is 4.57. The molecule has 0 saturated carbocycles. The summed E-state index contributed by atoms with van der Waals surface area (Å²) in [4.78, 5) is 11.6. The van der Waals surface area contributed by atoms with Crippen LogP contribution in [0.2, 0.25) is 0 Å². The Labute approximate surface area is 79.2 Å². The highest BCUT2D eigenvalue weighted by Gasteiger charge is 2.27. The second-order valence-corrected chi connectivity index (χ2v) is 3.54. The van der Waals surface area contributed by atoms with E-state index in [1.807, 2.05) is 0 Å². The van der Waals surface area contributed by atoms with E-state index in [2.05, 4.69) is 10.4 Å². The maximum absolute atomic E-state index is 11.6. The Morgan fingerprint density at radius 1 is 1.14 bits per heavy atom. The second kappa shape index (κ2) is 2.89. The molecule has 2 saturated heterocycles. The van der Waals surface area contributed by atoms with E-state index >= 15 is 0 Å². The van der Waals surface area contributed by atoms with Crippen LogP contribution in [0.3, 0.4) is 0 Å². The quantitative estimate of drug-likeness (QED) is 0.535. The fraction of sp³-hybridized carbons (Fsp3) is 0.857. The van der Waals surface area contributed by atoms with Crippen molar-refractivity contribution < 1.29 is 9.47 Å². The minimum absolute atomic E-state index is 0.148. The van der Waals surface area contributed by atoms with E-state index in [1.165, 1.54) is 9.36 Å². The van der Waals surface area contributed by atoms with E-state index in [4.69, 9.17) is 9.47 Å². The van der Waals surface area contributed by atoms with Crippen LogP contribution in [0.4, 0.5) is 0 Å². The van der Waals surface area contributed by atoms with E-state index in [0.29, 0.717) is 26.3 Å². The van der Waals surface area contributed by atoms with E-state index < -0.39 is 0 Å².